The SMILES string of the molecule is COc1cc(CNCC2(SC)CCC2)cc(Cl)c1OC. The lowest BCUT2D eigenvalue weighted by molar-refractivity contribution is 0.344. The van der Waals surface area contributed by atoms with Gasteiger partial charge in [-0.2, -0.15) is 11.8 Å². The third-order valence-electron chi connectivity index (χ3n) is 3.97. The highest BCUT2D eigenvalue weighted by Crippen LogP contribution is 2.42. The molecule has 1 saturated carbocycles. The zero-order valence-electron chi connectivity index (χ0n) is 12.3. The average Bonchev–Trinajstić information content (AvgIpc) is 2.41. The Hall–Kier alpha value is -0.580. The molecule has 1 fully saturated rings. The molecule has 1 aromatic rings. The number of rotatable bonds is 7. The molecule has 20 heavy (non-hydrogen) atoms. The molecular formula is C15H22ClNO2S. The van der Waals surface area contributed by atoms with Crippen LogP contribution in [0.25, 0.3) is 0 Å². The number of ether oxygens (including phenoxy) is 2. The predicted molar refractivity (Wildman–Crippen MR) is 86.4 cm³/mol. The summed E-state index contributed by atoms with van der Waals surface area (Å²) in [7, 11) is 3.23. The Balaban J connectivity index is 1.97. The van der Waals surface area contributed by atoms with Crippen molar-refractivity contribution >= 4 is 23.4 Å². The molecule has 0 amide bonds. The Labute approximate surface area is 130 Å². The van der Waals surface area contributed by atoms with Crippen molar-refractivity contribution in [2.45, 2.75) is 30.6 Å². The van der Waals surface area contributed by atoms with Crippen molar-refractivity contribution in [3.8, 4) is 11.5 Å². The zero-order chi connectivity index (χ0) is 14.6. The van der Waals surface area contributed by atoms with Gasteiger partial charge in [-0.15, -0.1) is 0 Å². The quantitative estimate of drug-likeness (QED) is 0.830. The molecule has 1 N–H and O–H groups in total. The van der Waals surface area contributed by atoms with Crippen LogP contribution < -0.4 is 14.8 Å². The summed E-state index contributed by atoms with van der Waals surface area (Å²) in [5.41, 5.74) is 1.11. The van der Waals surface area contributed by atoms with Crippen molar-refractivity contribution in [1.82, 2.24) is 5.32 Å². The summed E-state index contributed by atoms with van der Waals surface area (Å²) in [5.74, 6) is 1.28. The Morgan fingerprint density at radius 1 is 1.30 bits per heavy atom. The van der Waals surface area contributed by atoms with E-state index in [-0.39, 0.29) is 0 Å². The van der Waals surface area contributed by atoms with Crippen LogP contribution >= 0.6 is 23.4 Å². The Morgan fingerprint density at radius 3 is 2.55 bits per heavy atom. The molecule has 5 heteroatoms. The van der Waals surface area contributed by atoms with Crippen LogP contribution in [0, 0.1) is 0 Å². The van der Waals surface area contributed by atoms with Crippen LogP contribution in [0.5, 0.6) is 11.5 Å². The van der Waals surface area contributed by atoms with Crippen LogP contribution in [-0.2, 0) is 6.54 Å². The van der Waals surface area contributed by atoms with E-state index in [1.807, 2.05) is 23.9 Å². The van der Waals surface area contributed by atoms with E-state index in [1.165, 1.54) is 19.3 Å². The molecule has 1 aromatic carbocycles. The fourth-order valence-electron chi connectivity index (χ4n) is 2.53. The minimum absolute atomic E-state index is 0.445. The van der Waals surface area contributed by atoms with Crippen LogP contribution in [0.3, 0.4) is 0 Å². The molecule has 0 spiro atoms. The van der Waals surface area contributed by atoms with Gasteiger partial charge < -0.3 is 14.8 Å². The first-order chi connectivity index (χ1) is 9.64. The van der Waals surface area contributed by atoms with Crippen LogP contribution in [-0.4, -0.2) is 31.8 Å². The monoisotopic (exact) mass is 315 g/mol. The molecule has 0 aromatic heterocycles. The van der Waals surface area contributed by atoms with Gasteiger partial charge in [0.1, 0.15) is 0 Å². The van der Waals surface area contributed by atoms with Crippen LogP contribution in [0.1, 0.15) is 24.8 Å². The summed E-state index contributed by atoms with van der Waals surface area (Å²) in [5, 5.41) is 4.13. The molecule has 1 aliphatic carbocycles. The van der Waals surface area contributed by atoms with E-state index in [1.54, 1.807) is 14.2 Å². The topological polar surface area (TPSA) is 30.5 Å². The van der Waals surface area contributed by atoms with Crippen molar-refractivity contribution in [2.24, 2.45) is 0 Å². The number of thioether (sulfide) groups is 1. The summed E-state index contributed by atoms with van der Waals surface area (Å²) in [6, 6.07) is 3.91. The van der Waals surface area contributed by atoms with E-state index in [2.05, 4.69) is 11.6 Å². The maximum absolute atomic E-state index is 6.21. The van der Waals surface area contributed by atoms with Crippen molar-refractivity contribution in [3.05, 3.63) is 22.7 Å². The van der Waals surface area contributed by atoms with Gasteiger partial charge in [0.25, 0.3) is 0 Å². The molecule has 0 heterocycles. The second kappa shape index (κ2) is 6.92. The van der Waals surface area contributed by atoms with Gasteiger partial charge in [-0.1, -0.05) is 18.0 Å². The number of hydrogen-bond donors (Lipinski definition) is 1. The lowest BCUT2D eigenvalue weighted by Gasteiger charge is -2.40. The third-order valence-corrected chi connectivity index (χ3v) is 5.67. The first kappa shape index (κ1) is 15.8. The molecule has 0 aliphatic heterocycles. The van der Waals surface area contributed by atoms with E-state index in [0.717, 1.165) is 18.7 Å². The second-order valence-corrected chi connectivity index (χ2v) is 6.84. The number of nitrogens with one attached hydrogen (secondary N) is 1. The molecule has 1 aliphatic rings. The smallest absolute Gasteiger partial charge is 0.179 e. The fourth-order valence-corrected chi connectivity index (χ4v) is 3.79. The summed E-state index contributed by atoms with van der Waals surface area (Å²) in [6.07, 6.45) is 6.18. The van der Waals surface area contributed by atoms with E-state index >= 15 is 0 Å². The molecule has 0 atom stereocenters. The maximum atomic E-state index is 6.21. The van der Waals surface area contributed by atoms with Crippen LogP contribution in [0.4, 0.5) is 0 Å². The highest BCUT2D eigenvalue weighted by molar-refractivity contribution is 8.00. The summed E-state index contributed by atoms with van der Waals surface area (Å²) >= 11 is 8.19. The number of hydrogen-bond acceptors (Lipinski definition) is 4. The normalized spacial score (nSPS) is 16.6. The van der Waals surface area contributed by atoms with Gasteiger partial charge in [0.2, 0.25) is 0 Å². The van der Waals surface area contributed by atoms with E-state index in [0.29, 0.717) is 21.3 Å². The molecule has 0 bridgehead atoms. The Bertz CT molecular complexity index is 458. The number of methoxy groups -OCH3 is 2. The van der Waals surface area contributed by atoms with Gasteiger partial charge in [0, 0.05) is 17.8 Å². The number of benzene rings is 1. The van der Waals surface area contributed by atoms with Gasteiger partial charge in [-0.25, -0.2) is 0 Å². The molecule has 3 nitrogen and oxygen atoms in total. The van der Waals surface area contributed by atoms with Crippen molar-refractivity contribution < 1.29 is 9.47 Å². The lowest BCUT2D eigenvalue weighted by Crippen LogP contribution is -2.43. The average molecular weight is 316 g/mol. The highest BCUT2D eigenvalue weighted by atomic mass is 35.5. The van der Waals surface area contributed by atoms with Crippen molar-refractivity contribution in [2.75, 3.05) is 27.0 Å². The van der Waals surface area contributed by atoms with Crippen LogP contribution in [0.2, 0.25) is 5.02 Å². The van der Waals surface area contributed by atoms with E-state index in [4.69, 9.17) is 21.1 Å². The zero-order valence-corrected chi connectivity index (χ0v) is 13.9. The first-order valence-corrected chi connectivity index (χ1v) is 8.40. The molecule has 112 valence electrons. The minimum atomic E-state index is 0.445. The molecule has 2 rings (SSSR count). The second-order valence-electron chi connectivity index (χ2n) is 5.16. The van der Waals surface area contributed by atoms with E-state index in [9.17, 15) is 0 Å². The van der Waals surface area contributed by atoms with E-state index < -0.39 is 0 Å². The van der Waals surface area contributed by atoms with Crippen molar-refractivity contribution in [3.63, 3.8) is 0 Å². The standard InChI is InChI=1S/C15H22ClNO2S/c1-18-13-8-11(7-12(16)14(13)19-2)9-17-10-15(20-3)5-4-6-15/h7-8,17H,4-6,9-10H2,1-3H3. The first-order valence-electron chi connectivity index (χ1n) is 6.80. The summed E-state index contributed by atoms with van der Waals surface area (Å²) < 4.78 is 11.0. The van der Waals surface area contributed by atoms with Gasteiger partial charge in [0.15, 0.2) is 11.5 Å². The van der Waals surface area contributed by atoms with Crippen LogP contribution in [0.15, 0.2) is 12.1 Å². The molecule has 0 saturated heterocycles. The fraction of sp³-hybridized carbons (Fsp3) is 0.600. The molecular weight excluding hydrogens is 294 g/mol. The minimum Gasteiger partial charge on any atom is -0.493 e. The Kier molecular flexibility index (Phi) is 5.47. The van der Waals surface area contributed by atoms with Crippen molar-refractivity contribution in [1.29, 1.82) is 0 Å². The van der Waals surface area contributed by atoms with Gasteiger partial charge in [-0.3, -0.25) is 0 Å². The largest absolute Gasteiger partial charge is 0.493 e. The molecule has 0 unspecified atom stereocenters. The molecule has 0 radical (unpaired) electrons. The van der Waals surface area contributed by atoms with Gasteiger partial charge in [0.05, 0.1) is 19.2 Å². The summed E-state index contributed by atoms with van der Waals surface area (Å²) in [6.45, 7) is 1.84. The lowest BCUT2D eigenvalue weighted by atomic mass is 9.84. The summed E-state index contributed by atoms with van der Waals surface area (Å²) in [4.78, 5) is 0. The highest BCUT2D eigenvalue weighted by Gasteiger charge is 2.35. The maximum Gasteiger partial charge on any atom is 0.179 e. The van der Waals surface area contributed by atoms with Gasteiger partial charge >= 0.3 is 0 Å². The third kappa shape index (κ3) is 3.35. The van der Waals surface area contributed by atoms with Gasteiger partial charge in [-0.05, 0) is 36.8 Å². The predicted octanol–water partition coefficient (Wildman–Crippen LogP) is 3.73. The number of halogens is 1. The Morgan fingerprint density at radius 2 is 2.05 bits per heavy atom.